The topological polar surface area (TPSA) is 55.6 Å². The Kier molecular flexibility index (Phi) is 3.69. The van der Waals surface area contributed by atoms with Crippen molar-refractivity contribution in [2.75, 3.05) is 5.32 Å². The van der Waals surface area contributed by atoms with E-state index in [1.165, 1.54) is 18.4 Å². The molecule has 1 aromatic rings. The van der Waals surface area contributed by atoms with Gasteiger partial charge in [0.1, 0.15) is 5.82 Å². The van der Waals surface area contributed by atoms with Gasteiger partial charge < -0.3 is 9.88 Å². The number of nitrogens with zero attached hydrogens (tertiary/aromatic N) is 4. The van der Waals surface area contributed by atoms with Crippen LogP contribution in [-0.2, 0) is 13.1 Å². The van der Waals surface area contributed by atoms with E-state index in [9.17, 15) is 0 Å². The molecule has 1 N–H and O–H groups in total. The predicted octanol–water partition coefficient (Wildman–Crippen LogP) is 3.68. The van der Waals surface area contributed by atoms with Gasteiger partial charge in [-0.15, -0.1) is 0 Å². The summed E-state index contributed by atoms with van der Waals surface area (Å²) in [5.41, 5.74) is 2.13. The summed E-state index contributed by atoms with van der Waals surface area (Å²) in [6, 6.07) is 10.3. The molecular formula is C18H21N5. The highest BCUT2D eigenvalue weighted by Gasteiger charge is 2.31. The second-order valence-corrected chi connectivity index (χ2v) is 6.15. The van der Waals surface area contributed by atoms with Crippen molar-refractivity contribution in [2.24, 2.45) is 0 Å². The van der Waals surface area contributed by atoms with Crippen LogP contribution in [0.25, 0.3) is 11.5 Å². The molecule has 5 heteroatoms. The number of imidazole rings is 1. The van der Waals surface area contributed by atoms with E-state index in [4.69, 9.17) is 9.97 Å². The quantitative estimate of drug-likeness (QED) is 0.755. The lowest BCUT2D eigenvalue weighted by atomic mass is 10.2. The zero-order chi connectivity index (χ0) is 15.6. The minimum Gasteiger partial charge on any atom is -0.364 e. The van der Waals surface area contributed by atoms with Crippen LogP contribution >= 0.6 is 0 Å². The van der Waals surface area contributed by atoms with Crippen LogP contribution in [0, 0.1) is 0 Å². The lowest BCUT2D eigenvalue weighted by Crippen LogP contribution is -2.10. The third kappa shape index (κ3) is 2.91. The standard InChI is InChI=1S/C18H21N5/c1-2-10-23-12-20-17(19-11-13-6-4-3-5-7-13)15-18(23)22-16(21-15)14-8-9-14/h3-7,12,14,19H,2,8-11H2,1H3. The van der Waals surface area contributed by atoms with E-state index in [1.807, 2.05) is 24.5 Å². The van der Waals surface area contributed by atoms with Crippen molar-refractivity contribution in [2.45, 2.75) is 45.2 Å². The van der Waals surface area contributed by atoms with Crippen molar-refractivity contribution >= 4 is 5.82 Å². The monoisotopic (exact) mass is 307 g/mol. The fraction of sp³-hybridized carbons (Fsp3) is 0.389. The van der Waals surface area contributed by atoms with Gasteiger partial charge in [0, 0.05) is 19.0 Å². The zero-order valence-corrected chi connectivity index (χ0v) is 13.4. The molecule has 118 valence electrons. The highest BCUT2D eigenvalue weighted by molar-refractivity contribution is 5.67. The summed E-state index contributed by atoms with van der Waals surface area (Å²) in [4.78, 5) is 14.1. The van der Waals surface area contributed by atoms with Crippen molar-refractivity contribution in [1.82, 2.24) is 19.5 Å². The average Bonchev–Trinajstić information content (AvgIpc) is 3.34. The number of benzene rings is 1. The summed E-state index contributed by atoms with van der Waals surface area (Å²) < 4.78 is 2.11. The number of hydrogen-bond acceptors (Lipinski definition) is 4. The molecule has 23 heavy (non-hydrogen) atoms. The molecule has 4 rings (SSSR count). The smallest absolute Gasteiger partial charge is 0.165 e. The number of anilines is 1. The van der Waals surface area contributed by atoms with Crippen LogP contribution in [0.5, 0.6) is 0 Å². The maximum Gasteiger partial charge on any atom is 0.165 e. The molecule has 0 unspecified atom stereocenters. The molecule has 2 aliphatic heterocycles. The van der Waals surface area contributed by atoms with Gasteiger partial charge in [0.2, 0.25) is 0 Å². The number of rotatable bonds is 6. The highest BCUT2D eigenvalue weighted by atomic mass is 15.2. The van der Waals surface area contributed by atoms with E-state index >= 15 is 0 Å². The fourth-order valence-electron chi connectivity index (χ4n) is 2.79. The number of hydrogen-bond donors (Lipinski definition) is 1. The van der Waals surface area contributed by atoms with Crippen LogP contribution < -0.4 is 5.32 Å². The third-order valence-electron chi connectivity index (χ3n) is 4.19. The van der Waals surface area contributed by atoms with Crippen LogP contribution in [0.1, 0.15) is 43.5 Å². The van der Waals surface area contributed by atoms with E-state index in [1.54, 1.807) is 0 Å². The van der Waals surface area contributed by atoms with Crippen molar-refractivity contribution in [1.29, 1.82) is 0 Å². The molecule has 3 aliphatic rings. The van der Waals surface area contributed by atoms with Crippen LogP contribution in [0.2, 0.25) is 0 Å². The minimum absolute atomic E-state index is 0.555. The van der Waals surface area contributed by atoms with Gasteiger partial charge >= 0.3 is 0 Å². The maximum atomic E-state index is 4.78. The average molecular weight is 307 g/mol. The Morgan fingerprint density at radius 3 is 2.74 bits per heavy atom. The normalized spacial score (nSPS) is 14.3. The molecule has 1 aromatic carbocycles. The van der Waals surface area contributed by atoms with E-state index in [0.717, 1.165) is 42.7 Å². The fourth-order valence-corrected chi connectivity index (χ4v) is 2.79. The number of fused-ring (bicyclic) bond motifs is 1. The number of aromatic nitrogens is 4. The van der Waals surface area contributed by atoms with Gasteiger partial charge in [-0.2, -0.15) is 0 Å². The van der Waals surface area contributed by atoms with Gasteiger partial charge in [0.05, 0.1) is 6.33 Å². The van der Waals surface area contributed by atoms with Crippen LogP contribution in [0.4, 0.5) is 5.82 Å². The Labute approximate surface area is 136 Å². The third-order valence-corrected chi connectivity index (χ3v) is 4.19. The molecule has 0 atom stereocenters. The van der Waals surface area contributed by atoms with Gasteiger partial charge in [-0.3, -0.25) is 0 Å². The summed E-state index contributed by atoms with van der Waals surface area (Å²) >= 11 is 0. The molecule has 1 aliphatic carbocycles. The first-order valence-electron chi connectivity index (χ1n) is 8.35. The Bertz CT molecular complexity index is 761. The summed E-state index contributed by atoms with van der Waals surface area (Å²) in [6.07, 6.45) is 5.36. The Morgan fingerprint density at radius 2 is 2.00 bits per heavy atom. The first-order chi connectivity index (χ1) is 11.3. The van der Waals surface area contributed by atoms with E-state index in [2.05, 4.69) is 33.9 Å². The van der Waals surface area contributed by atoms with Crippen molar-refractivity contribution in [3.8, 4) is 11.5 Å². The van der Waals surface area contributed by atoms with Gasteiger partial charge in [-0.1, -0.05) is 37.3 Å². The van der Waals surface area contributed by atoms with Crippen molar-refractivity contribution in [3.05, 3.63) is 48.0 Å². The zero-order valence-electron chi connectivity index (χ0n) is 13.4. The molecule has 0 amide bonds. The van der Waals surface area contributed by atoms with Crippen molar-refractivity contribution < 1.29 is 0 Å². The molecular weight excluding hydrogens is 286 g/mol. The summed E-state index contributed by atoms with van der Waals surface area (Å²) in [7, 11) is 0. The van der Waals surface area contributed by atoms with Crippen LogP contribution in [0.3, 0.4) is 0 Å². The molecule has 1 fully saturated rings. The molecule has 0 bridgehead atoms. The van der Waals surface area contributed by atoms with Crippen LogP contribution in [0.15, 0.2) is 36.7 Å². The van der Waals surface area contributed by atoms with Crippen LogP contribution in [-0.4, -0.2) is 19.5 Å². The second kappa shape index (κ2) is 5.99. The summed E-state index contributed by atoms with van der Waals surface area (Å²) in [6.45, 7) is 3.83. The molecule has 1 saturated carbocycles. The summed E-state index contributed by atoms with van der Waals surface area (Å²) in [5, 5.41) is 3.42. The van der Waals surface area contributed by atoms with Crippen molar-refractivity contribution in [3.63, 3.8) is 0 Å². The number of aryl methyl sites for hydroxylation is 1. The molecule has 2 heterocycles. The molecule has 0 radical (unpaired) electrons. The maximum absolute atomic E-state index is 4.78. The highest BCUT2D eigenvalue weighted by Crippen LogP contribution is 2.40. The Balaban J connectivity index is 1.64. The lowest BCUT2D eigenvalue weighted by molar-refractivity contribution is 0.659. The molecule has 0 spiro atoms. The van der Waals surface area contributed by atoms with E-state index in [-0.39, 0.29) is 0 Å². The van der Waals surface area contributed by atoms with Gasteiger partial charge in [-0.05, 0) is 24.8 Å². The van der Waals surface area contributed by atoms with Gasteiger partial charge in [-0.25, -0.2) is 15.0 Å². The van der Waals surface area contributed by atoms with E-state index < -0.39 is 0 Å². The lowest BCUT2D eigenvalue weighted by Gasteiger charge is -2.13. The first-order valence-corrected chi connectivity index (χ1v) is 8.35. The van der Waals surface area contributed by atoms with Gasteiger partial charge in [0.15, 0.2) is 17.3 Å². The minimum atomic E-state index is 0.555. The SMILES string of the molecule is CCCn1cnc(NCc2ccccc2)c2nc(C3CC3)nc1-2. The Hall–Kier alpha value is -2.43. The molecule has 0 aromatic heterocycles. The number of nitrogens with one attached hydrogen (secondary N) is 1. The predicted molar refractivity (Wildman–Crippen MR) is 90.5 cm³/mol. The molecule has 0 saturated heterocycles. The molecule has 5 nitrogen and oxygen atoms in total. The van der Waals surface area contributed by atoms with Gasteiger partial charge in [0.25, 0.3) is 0 Å². The van der Waals surface area contributed by atoms with E-state index in [0.29, 0.717) is 5.92 Å². The Morgan fingerprint density at radius 1 is 1.17 bits per heavy atom. The second-order valence-electron chi connectivity index (χ2n) is 6.15. The first kappa shape index (κ1) is 14.2. The largest absolute Gasteiger partial charge is 0.364 e. The summed E-state index contributed by atoms with van der Waals surface area (Å²) in [5.74, 6) is 3.33.